The summed E-state index contributed by atoms with van der Waals surface area (Å²) >= 11 is 0. The molecule has 1 N–H and O–H groups in total. The summed E-state index contributed by atoms with van der Waals surface area (Å²) in [7, 11) is 1.69. The lowest BCUT2D eigenvalue weighted by molar-refractivity contribution is 0.250. The molecule has 0 spiro atoms. The third-order valence-electron chi connectivity index (χ3n) is 4.15. The second-order valence-corrected chi connectivity index (χ2v) is 5.63. The fourth-order valence-corrected chi connectivity index (χ4v) is 2.82. The van der Waals surface area contributed by atoms with Crippen LogP contribution in [0.1, 0.15) is 5.56 Å². The highest BCUT2D eigenvalue weighted by molar-refractivity contribution is 5.49. The van der Waals surface area contributed by atoms with Crippen LogP contribution in [0, 0.1) is 0 Å². The molecular formula is C18H22N2O2. The van der Waals surface area contributed by atoms with Crippen LogP contribution in [0.25, 0.3) is 0 Å². The fraction of sp³-hybridized carbons (Fsp3) is 0.333. The van der Waals surface area contributed by atoms with Gasteiger partial charge in [0.15, 0.2) is 0 Å². The molecule has 116 valence electrons. The molecule has 0 bridgehead atoms. The number of methoxy groups -OCH3 is 1. The first-order valence-electron chi connectivity index (χ1n) is 7.64. The third-order valence-corrected chi connectivity index (χ3v) is 4.15. The van der Waals surface area contributed by atoms with Crippen molar-refractivity contribution < 1.29 is 9.84 Å². The Bertz CT molecular complexity index is 587. The van der Waals surface area contributed by atoms with Crippen molar-refractivity contribution >= 4 is 5.69 Å². The van der Waals surface area contributed by atoms with Gasteiger partial charge in [0.25, 0.3) is 0 Å². The summed E-state index contributed by atoms with van der Waals surface area (Å²) in [6, 6.07) is 15.8. The molecule has 0 amide bonds. The Hall–Kier alpha value is -2.20. The highest BCUT2D eigenvalue weighted by Gasteiger charge is 2.17. The molecule has 0 atom stereocenters. The summed E-state index contributed by atoms with van der Waals surface area (Å²) < 4.78 is 5.19. The first-order valence-corrected chi connectivity index (χ1v) is 7.64. The molecule has 4 nitrogen and oxygen atoms in total. The number of ether oxygens (including phenoxy) is 1. The van der Waals surface area contributed by atoms with E-state index in [1.807, 2.05) is 24.3 Å². The lowest BCUT2D eigenvalue weighted by atomic mass is 10.2. The normalized spacial score (nSPS) is 15.8. The lowest BCUT2D eigenvalue weighted by Crippen LogP contribution is -2.45. The number of piperazine rings is 1. The fourth-order valence-electron chi connectivity index (χ4n) is 2.82. The molecule has 1 aliphatic heterocycles. The van der Waals surface area contributed by atoms with Crippen molar-refractivity contribution in [2.24, 2.45) is 0 Å². The van der Waals surface area contributed by atoms with Crippen molar-refractivity contribution in [3.05, 3.63) is 54.1 Å². The summed E-state index contributed by atoms with van der Waals surface area (Å²) in [4.78, 5) is 4.84. The molecule has 22 heavy (non-hydrogen) atoms. The van der Waals surface area contributed by atoms with E-state index < -0.39 is 0 Å². The van der Waals surface area contributed by atoms with Gasteiger partial charge >= 0.3 is 0 Å². The zero-order valence-electron chi connectivity index (χ0n) is 12.9. The minimum absolute atomic E-state index is 0.321. The van der Waals surface area contributed by atoms with Crippen LogP contribution in [0.15, 0.2) is 48.5 Å². The van der Waals surface area contributed by atoms with Gasteiger partial charge in [0.2, 0.25) is 0 Å². The van der Waals surface area contributed by atoms with E-state index >= 15 is 0 Å². The highest BCUT2D eigenvalue weighted by Crippen LogP contribution is 2.20. The van der Waals surface area contributed by atoms with E-state index in [2.05, 4.69) is 21.9 Å². The van der Waals surface area contributed by atoms with Crippen molar-refractivity contribution in [1.82, 2.24) is 4.90 Å². The lowest BCUT2D eigenvalue weighted by Gasteiger charge is -2.36. The van der Waals surface area contributed by atoms with Crippen molar-refractivity contribution in [3.63, 3.8) is 0 Å². The molecule has 0 aliphatic carbocycles. The number of anilines is 1. The molecule has 0 aromatic heterocycles. The second-order valence-electron chi connectivity index (χ2n) is 5.63. The Morgan fingerprint density at radius 1 is 0.909 bits per heavy atom. The van der Waals surface area contributed by atoms with Crippen molar-refractivity contribution in [2.45, 2.75) is 6.54 Å². The van der Waals surface area contributed by atoms with Gasteiger partial charge in [-0.15, -0.1) is 0 Å². The number of aromatic hydroxyl groups is 1. The molecule has 1 heterocycles. The average Bonchev–Trinajstić information content (AvgIpc) is 2.57. The van der Waals surface area contributed by atoms with Gasteiger partial charge in [-0.05, 0) is 42.0 Å². The molecule has 1 saturated heterocycles. The maximum Gasteiger partial charge on any atom is 0.118 e. The van der Waals surface area contributed by atoms with Gasteiger partial charge < -0.3 is 14.7 Å². The first-order chi connectivity index (χ1) is 10.7. The minimum atomic E-state index is 0.321. The van der Waals surface area contributed by atoms with Crippen LogP contribution in [0.2, 0.25) is 0 Å². The molecule has 2 aromatic carbocycles. The third kappa shape index (κ3) is 3.52. The van der Waals surface area contributed by atoms with E-state index in [-0.39, 0.29) is 0 Å². The highest BCUT2D eigenvalue weighted by atomic mass is 16.5. The van der Waals surface area contributed by atoms with Crippen LogP contribution < -0.4 is 9.64 Å². The van der Waals surface area contributed by atoms with Gasteiger partial charge in [0.1, 0.15) is 11.5 Å². The van der Waals surface area contributed by atoms with Crippen LogP contribution >= 0.6 is 0 Å². The average molecular weight is 298 g/mol. The molecule has 4 heteroatoms. The Balaban J connectivity index is 1.53. The first kappa shape index (κ1) is 14.7. The molecule has 1 fully saturated rings. The van der Waals surface area contributed by atoms with Gasteiger partial charge in [-0.2, -0.15) is 0 Å². The number of hydrogen-bond acceptors (Lipinski definition) is 4. The molecular weight excluding hydrogens is 276 g/mol. The summed E-state index contributed by atoms with van der Waals surface area (Å²) in [5.74, 6) is 1.22. The van der Waals surface area contributed by atoms with Gasteiger partial charge in [-0.1, -0.05) is 12.1 Å². The van der Waals surface area contributed by atoms with Gasteiger partial charge in [-0.3, -0.25) is 4.90 Å². The van der Waals surface area contributed by atoms with Crippen molar-refractivity contribution in [1.29, 1.82) is 0 Å². The summed E-state index contributed by atoms with van der Waals surface area (Å²) in [5, 5.41) is 9.36. The zero-order chi connectivity index (χ0) is 15.4. The zero-order valence-corrected chi connectivity index (χ0v) is 12.9. The van der Waals surface area contributed by atoms with Gasteiger partial charge in [-0.25, -0.2) is 0 Å². The van der Waals surface area contributed by atoms with Crippen LogP contribution in [0.4, 0.5) is 5.69 Å². The van der Waals surface area contributed by atoms with E-state index in [0.29, 0.717) is 5.75 Å². The Labute approximate surface area is 131 Å². The Kier molecular flexibility index (Phi) is 4.49. The molecule has 1 aliphatic rings. The molecule has 3 rings (SSSR count). The molecule has 0 unspecified atom stereocenters. The maximum atomic E-state index is 9.36. The minimum Gasteiger partial charge on any atom is -0.508 e. The van der Waals surface area contributed by atoms with Gasteiger partial charge in [0.05, 0.1) is 7.11 Å². The quantitative estimate of drug-likeness (QED) is 0.941. The number of hydrogen-bond donors (Lipinski definition) is 1. The van der Waals surface area contributed by atoms with Crippen LogP contribution in [-0.4, -0.2) is 43.3 Å². The number of phenolic OH excluding ortho intramolecular Hbond substituents is 1. The smallest absolute Gasteiger partial charge is 0.118 e. The SMILES string of the molecule is COc1ccc(CN2CCN(c3ccc(O)cc3)CC2)cc1. The Morgan fingerprint density at radius 3 is 2.14 bits per heavy atom. The van der Waals surface area contributed by atoms with E-state index in [1.165, 1.54) is 11.3 Å². The van der Waals surface area contributed by atoms with E-state index in [1.54, 1.807) is 19.2 Å². The van der Waals surface area contributed by atoms with Crippen LogP contribution in [0.3, 0.4) is 0 Å². The predicted octanol–water partition coefficient (Wildman–Crippen LogP) is 2.72. The standard InChI is InChI=1S/C18H22N2O2/c1-22-18-8-2-15(3-9-18)14-19-10-12-20(13-11-19)16-4-6-17(21)7-5-16/h2-9,21H,10-14H2,1H3. The predicted molar refractivity (Wildman–Crippen MR) is 88.6 cm³/mol. The monoisotopic (exact) mass is 298 g/mol. The largest absolute Gasteiger partial charge is 0.508 e. The van der Waals surface area contributed by atoms with Gasteiger partial charge in [0, 0.05) is 38.4 Å². The summed E-state index contributed by atoms with van der Waals surface area (Å²) in [6.45, 7) is 5.11. The molecule has 2 aromatic rings. The van der Waals surface area contributed by atoms with E-state index in [4.69, 9.17) is 4.74 Å². The van der Waals surface area contributed by atoms with E-state index in [9.17, 15) is 5.11 Å². The van der Waals surface area contributed by atoms with Crippen LogP contribution in [0.5, 0.6) is 11.5 Å². The number of nitrogens with zero attached hydrogens (tertiary/aromatic N) is 2. The molecule has 0 saturated carbocycles. The number of phenols is 1. The number of benzene rings is 2. The van der Waals surface area contributed by atoms with E-state index in [0.717, 1.165) is 38.5 Å². The van der Waals surface area contributed by atoms with Crippen molar-refractivity contribution in [2.75, 3.05) is 38.2 Å². The molecule has 0 radical (unpaired) electrons. The topological polar surface area (TPSA) is 35.9 Å². The summed E-state index contributed by atoms with van der Waals surface area (Å²) in [5.41, 5.74) is 2.50. The number of rotatable bonds is 4. The van der Waals surface area contributed by atoms with Crippen molar-refractivity contribution in [3.8, 4) is 11.5 Å². The maximum absolute atomic E-state index is 9.36. The van der Waals surface area contributed by atoms with Crippen LogP contribution in [-0.2, 0) is 6.54 Å². The Morgan fingerprint density at radius 2 is 1.55 bits per heavy atom. The summed E-state index contributed by atoms with van der Waals surface area (Å²) in [6.07, 6.45) is 0. The second kappa shape index (κ2) is 6.71.